The van der Waals surface area contributed by atoms with E-state index in [-0.39, 0.29) is 2.85 Å². The van der Waals surface area contributed by atoms with Crippen LogP contribution in [0.25, 0.3) is 0 Å². The van der Waals surface area contributed by atoms with Crippen LogP contribution in [0, 0.1) is 0 Å². The summed E-state index contributed by atoms with van der Waals surface area (Å²) in [6.07, 6.45) is 0. The van der Waals surface area contributed by atoms with E-state index in [0.717, 1.165) is 0 Å². The summed E-state index contributed by atoms with van der Waals surface area (Å²) in [5.41, 5.74) is 0. The SMILES string of the molecule is [Br][Ir-2]([Br])([Br])([Br])([Br])[Br].[H+].[H+]. The summed E-state index contributed by atoms with van der Waals surface area (Å²) in [4.78, 5) is 0. The summed E-state index contributed by atoms with van der Waals surface area (Å²) >= 11 is 20.1. The van der Waals surface area contributed by atoms with E-state index in [1.807, 2.05) is 0 Å². The van der Waals surface area contributed by atoms with E-state index in [0.29, 0.717) is 0 Å². The van der Waals surface area contributed by atoms with Crippen LogP contribution >= 0.6 is 81.0 Å². The molecule has 0 bridgehead atoms. The molecule has 0 aliphatic rings. The Morgan fingerprint density at radius 1 is 0.714 bits per heavy atom. The zero-order chi connectivity index (χ0) is 6.41. The fourth-order valence-electron chi connectivity index (χ4n) is 0. The molecule has 0 aliphatic carbocycles. The molecule has 0 aromatic heterocycles. The molecule has 0 saturated carbocycles. The van der Waals surface area contributed by atoms with Crippen molar-refractivity contribution < 1.29 is 3.73 Å². The van der Waals surface area contributed by atoms with Crippen LogP contribution in [0.15, 0.2) is 0 Å². The first-order chi connectivity index (χ1) is 2.45. The van der Waals surface area contributed by atoms with Crippen molar-refractivity contribution in [2.75, 3.05) is 0 Å². The van der Waals surface area contributed by atoms with Gasteiger partial charge < -0.3 is 0 Å². The van der Waals surface area contributed by atoms with E-state index in [1.54, 1.807) is 0 Å². The maximum Gasteiger partial charge on any atom is 1.00 e. The van der Waals surface area contributed by atoms with Crippen molar-refractivity contribution in [2.45, 2.75) is 0 Å². The van der Waals surface area contributed by atoms with E-state index in [1.165, 1.54) is 0 Å². The van der Waals surface area contributed by atoms with E-state index >= 15 is 0 Å². The molecule has 0 N–H and O–H groups in total. The molecule has 0 spiro atoms. The van der Waals surface area contributed by atoms with Gasteiger partial charge in [-0.3, -0.25) is 0 Å². The van der Waals surface area contributed by atoms with Crippen LogP contribution in [-0.2, 0) is 0.881 Å². The Bertz CT molecular complexity index is 69.6. The number of hydrogen-bond acceptors (Lipinski definition) is 0. The van der Waals surface area contributed by atoms with Gasteiger partial charge in [-0.2, -0.15) is 0 Å². The molecule has 0 unspecified atom stereocenters. The second-order valence-electron chi connectivity index (χ2n) is 0.714. The Labute approximate surface area is 82.7 Å². The van der Waals surface area contributed by atoms with Gasteiger partial charge in [0.25, 0.3) is 0 Å². The van der Waals surface area contributed by atoms with Crippen molar-refractivity contribution in [3.8, 4) is 0 Å². The minimum absolute atomic E-state index is 0. The molecule has 0 amide bonds. The van der Waals surface area contributed by atoms with Crippen molar-refractivity contribution in [1.29, 1.82) is 0 Å². The monoisotopic (exact) mass is 668 g/mol. The van der Waals surface area contributed by atoms with Crippen molar-refractivity contribution in [3.63, 3.8) is 0 Å². The Balaban J connectivity index is -0.000000180. The minimum Gasteiger partial charge on any atom is 1.00 e. The van der Waals surface area contributed by atoms with Crippen molar-refractivity contribution in [2.24, 2.45) is 0 Å². The van der Waals surface area contributed by atoms with Gasteiger partial charge in [-0.1, -0.05) is 0 Å². The molecule has 0 rings (SSSR count). The summed E-state index contributed by atoms with van der Waals surface area (Å²) < 4.78 is -3.29. The van der Waals surface area contributed by atoms with Crippen LogP contribution in [0.3, 0.4) is 0 Å². The van der Waals surface area contributed by atoms with Gasteiger partial charge in [0.2, 0.25) is 0 Å². The molecule has 0 aromatic carbocycles. The first kappa shape index (κ1) is 10.5. The molecule has 0 radical (unpaired) electrons. The molecule has 0 aliphatic heterocycles. The van der Waals surface area contributed by atoms with Crippen LogP contribution in [0.2, 0.25) is 0 Å². The average Bonchev–Trinajstić information content (AvgIpc) is 0.592. The Kier molecular flexibility index (Phi) is 3.04. The molecule has 53 valence electrons. The third kappa shape index (κ3) is 43.4. The Morgan fingerprint density at radius 3 is 0.714 bits per heavy atom. The fourth-order valence-corrected chi connectivity index (χ4v) is 0. The zero-order valence-corrected chi connectivity index (χ0v) is 14.5. The molecule has 0 nitrogen and oxygen atoms in total. The van der Waals surface area contributed by atoms with Gasteiger partial charge in [0.15, 0.2) is 0 Å². The van der Waals surface area contributed by atoms with Gasteiger partial charge >= 0.3 is 84.7 Å². The van der Waals surface area contributed by atoms with Crippen molar-refractivity contribution >= 4 is 81.0 Å². The molecule has 0 atom stereocenters. The molecular formula is H2Br6Ir. The number of halogens is 6. The first-order valence-corrected chi connectivity index (χ1v) is 32.2. The molecule has 7 heavy (non-hydrogen) atoms. The first-order valence-electron chi connectivity index (χ1n) is 0.756. The Morgan fingerprint density at radius 2 is 0.714 bits per heavy atom. The van der Waals surface area contributed by atoms with Gasteiger partial charge in [0.1, 0.15) is 0 Å². The fraction of sp³-hybridized carbons (Fsp3) is 0. The van der Waals surface area contributed by atoms with Crippen LogP contribution in [-0.4, -0.2) is 0 Å². The largest absolute Gasteiger partial charge is 1.00 e. The quantitative estimate of drug-likeness (QED) is 0.328. The third-order valence-electron chi connectivity index (χ3n) is 0. The van der Waals surface area contributed by atoms with E-state index in [4.69, 9.17) is 0 Å². The van der Waals surface area contributed by atoms with Crippen LogP contribution < -0.4 is 0 Å². The standard InChI is InChI=1S/6BrH.Ir/h6*1H;/q;;;;;;+4/p-4. The maximum absolute atomic E-state index is 3.35. The number of rotatable bonds is 0. The molecule has 0 saturated heterocycles. The van der Waals surface area contributed by atoms with Gasteiger partial charge in [-0.25, -0.2) is 0 Å². The summed E-state index contributed by atoms with van der Waals surface area (Å²) in [6.45, 7) is 0. The summed E-state index contributed by atoms with van der Waals surface area (Å²) in [6, 6.07) is 0. The molecule has 7 heteroatoms. The van der Waals surface area contributed by atoms with E-state index < -0.39 is 0.881 Å². The predicted octanol–water partition coefficient (Wildman–Crippen LogP) is 5.30. The van der Waals surface area contributed by atoms with Gasteiger partial charge in [-0.15, -0.1) is 0 Å². The smallest absolute Gasteiger partial charge is 1.00 e. The summed E-state index contributed by atoms with van der Waals surface area (Å²) in [5, 5.41) is 0. The molecule has 0 fully saturated rings. The van der Waals surface area contributed by atoms with Crippen LogP contribution in [0.4, 0.5) is 0 Å². The van der Waals surface area contributed by atoms with Crippen LogP contribution in [0.1, 0.15) is 2.85 Å². The van der Waals surface area contributed by atoms with Gasteiger partial charge in [0.05, 0.1) is 0 Å². The average molecular weight is 674 g/mol. The normalized spacial score (nSPS) is 23.1. The van der Waals surface area contributed by atoms with Gasteiger partial charge in [0, 0.05) is 0 Å². The maximum atomic E-state index is 3.35. The van der Waals surface area contributed by atoms with Crippen LogP contribution in [0.5, 0.6) is 0 Å². The molecule has 0 heterocycles. The van der Waals surface area contributed by atoms with Crippen molar-refractivity contribution in [1.82, 2.24) is 0 Å². The summed E-state index contributed by atoms with van der Waals surface area (Å²) in [5.74, 6) is 0. The second-order valence-corrected chi connectivity index (χ2v) is 158. The van der Waals surface area contributed by atoms with Gasteiger partial charge in [-0.05, 0) is 0 Å². The topological polar surface area (TPSA) is 0 Å². The predicted molar refractivity (Wildman–Crippen MR) is 55.8 cm³/mol. The molecule has 0 aromatic rings. The third-order valence-corrected chi connectivity index (χ3v) is 0. The Hall–Kier alpha value is 3.53. The van der Waals surface area contributed by atoms with E-state index in [2.05, 4.69) is 81.0 Å². The minimum atomic E-state index is -3.29. The van der Waals surface area contributed by atoms with E-state index in [9.17, 15) is 0 Å². The summed E-state index contributed by atoms with van der Waals surface area (Å²) in [7, 11) is 0. The zero-order valence-electron chi connectivity index (χ0n) is 4.60. The molecular weight excluding hydrogens is 672 g/mol. The second kappa shape index (κ2) is 2.02. The number of hydrogen-bond donors (Lipinski definition) is 0. The van der Waals surface area contributed by atoms with Crippen molar-refractivity contribution in [3.05, 3.63) is 0 Å².